The van der Waals surface area contributed by atoms with E-state index < -0.39 is 0 Å². The van der Waals surface area contributed by atoms with Crippen LogP contribution in [0.2, 0.25) is 0 Å². The van der Waals surface area contributed by atoms with Gasteiger partial charge in [-0.25, -0.2) is 4.68 Å². The molecule has 0 atom stereocenters. The summed E-state index contributed by atoms with van der Waals surface area (Å²) in [5.74, 6) is -0.297. The van der Waals surface area contributed by atoms with E-state index in [0.717, 1.165) is 5.56 Å². The van der Waals surface area contributed by atoms with Gasteiger partial charge in [0.25, 0.3) is 5.91 Å². The van der Waals surface area contributed by atoms with Gasteiger partial charge in [-0.3, -0.25) is 4.79 Å². The number of rotatable bonds is 3. The number of carbonyl (C=O) groups is 1. The summed E-state index contributed by atoms with van der Waals surface area (Å²) in [5, 5.41) is 23.8. The number of phenolic OH excluding ortho intramolecular Hbond substituents is 1. The molecule has 1 amide bonds. The van der Waals surface area contributed by atoms with Crippen molar-refractivity contribution in [2.45, 2.75) is 26.2 Å². The Morgan fingerprint density at radius 1 is 1.16 bits per heavy atom. The zero-order valence-electron chi connectivity index (χ0n) is 14.3. The van der Waals surface area contributed by atoms with Crippen molar-refractivity contribution in [1.29, 1.82) is 0 Å². The van der Waals surface area contributed by atoms with Crippen molar-refractivity contribution in [2.75, 3.05) is 5.32 Å². The second kappa shape index (κ2) is 6.35. The maximum absolute atomic E-state index is 12.6. The summed E-state index contributed by atoms with van der Waals surface area (Å²) in [4.78, 5) is 12.6. The molecule has 1 heterocycles. The molecule has 0 saturated carbocycles. The third kappa shape index (κ3) is 3.65. The van der Waals surface area contributed by atoms with E-state index in [-0.39, 0.29) is 17.1 Å². The Hall–Kier alpha value is -3.22. The molecule has 3 aromatic rings. The van der Waals surface area contributed by atoms with E-state index in [1.54, 1.807) is 36.4 Å². The molecule has 0 aliphatic heterocycles. The fraction of sp³-hybridized carbons (Fsp3) is 0.222. The summed E-state index contributed by atoms with van der Waals surface area (Å²) in [6.45, 7) is 6.21. The Kier molecular flexibility index (Phi) is 4.22. The maximum Gasteiger partial charge on any atom is 0.255 e. The highest BCUT2D eigenvalue weighted by Gasteiger charge is 2.17. The molecule has 7 heteroatoms. The molecular formula is C18H19N5O2. The van der Waals surface area contributed by atoms with Crippen LogP contribution in [-0.4, -0.2) is 31.2 Å². The largest absolute Gasteiger partial charge is 0.506 e. The van der Waals surface area contributed by atoms with Crippen molar-refractivity contribution in [2.24, 2.45) is 0 Å². The van der Waals surface area contributed by atoms with Crippen molar-refractivity contribution < 1.29 is 9.90 Å². The van der Waals surface area contributed by atoms with E-state index in [0.29, 0.717) is 16.9 Å². The minimum absolute atomic E-state index is 0.0259. The van der Waals surface area contributed by atoms with Crippen LogP contribution < -0.4 is 5.32 Å². The molecule has 0 bridgehead atoms. The standard InChI is InChI=1S/C18H19N5O2/c1-18(2,3)13-7-8-16(24)15(10-13)20-17(25)12-5-4-6-14(9-12)23-11-19-21-22-23/h4-11,24H,1-3H3,(H,20,25). The van der Waals surface area contributed by atoms with Crippen LogP contribution in [-0.2, 0) is 5.41 Å². The number of hydrogen-bond donors (Lipinski definition) is 2. The highest BCUT2D eigenvalue weighted by molar-refractivity contribution is 6.05. The van der Waals surface area contributed by atoms with Crippen LogP contribution in [0, 0.1) is 0 Å². The highest BCUT2D eigenvalue weighted by Crippen LogP contribution is 2.31. The van der Waals surface area contributed by atoms with Crippen LogP contribution in [0.25, 0.3) is 5.69 Å². The van der Waals surface area contributed by atoms with Crippen molar-refractivity contribution in [3.63, 3.8) is 0 Å². The second-order valence-electron chi connectivity index (χ2n) is 6.74. The smallest absolute Gasteiger partial charge is 0.255 e. The van der Waals surface area contributed by atoms with Crippen LogP contribution in [0.15, 0.2) is 48.8 Å². The Balaban J connectivity index is 1.87. The molecule has 0 aliphatic rings. The summed E-state index contributed by atoms with van der Waals surface area (Å²) in [7, 11) is 0. The number of aromatic nitrogens is 4. The van der Waals surface area contributed by atoms with Gasteiger partial charge < -0.3 is 10.4 Å². The predicted molar refractivity (Wildman–Crippen MR) is 93.9 cm³/mol. The monoisotopic (exact) mass is 337 g/mol. The number of tetrazole rings is 1. The van der Waals surface area contributed by atoms with Gasteiger partial charge in [0.1, 0.15) is 12.1 Å². The molecule has 3 rings (SSSR count). The Morgan fingerprint density at radius 3 is 2.64 bits per heavy atom. The van der Waals surface area contributed by atoms with Gasteiger partial charge in [0.05, 0.1) is 11.4 Å². The molecule has 1 aromatic heterocycles. The van der Waals surface area contributed by atoms with Gasteiger partial charge in [-0.1, -0.05) is 32.9 Å². The van der Waals surface area contributed by atoms with Crippen molar-refractivity contribution in [3.8, 4) is 11.4 Å². The van der Waals surface area contributed by atoms with Gasteiger partial charge >= 0.3 is 0 Å². The fourth-order valence-corrected chi connectivity index (χ4v) is 2.37. The third-order valence-electron chi connectivity index (χ3n) is 3.83. The lowest BCUT2D eigenvalue weighted by Gasteiger charge is -2.20. The van der Waals surface area contributed by atoms with Crippen LogP contribution in [0.3, 0.4) is 0 Å². The minimum atomic E-state index is -0.323. The van der Waals surface area contributed by atoms with E-state index in [9.17, 15) is 9.90 Å². The lowest BCUT2D eigenvalue weighted by Crippen LogP contribution is -2.15. The van der Waals surface area contributed by atoms with E-state index in [1.807, 2.05) is 6.07 Å². The number of aromatic hydroxyl groups is 1. The van der Waals surface area contributed by atoms with Gasteiger partial charge in [0.2, 0.25) is 0 Å². The van der Waals surface area contributed by atoms with Gasteiger partial charge in [-0.05, 0) is 51.7 Å². The molecule has 7 nitrogen and oxygen atoms in total. The lowest BCUT2D eigenvalue weighted by atomic mass is 9.87. The molecule has 0 fully saturated rings. The number of benzene rings is 2. The Labute approximate surface area is 145 Å². The molecule has 0 spiro atoms. The number of phenols is 1. The molecule has 128 valence electrons. The third-order valence-corrected chi connectivity index (χ3v) is 3.83. The zero-order chi connectivity index (χ0) is 18.0. The SMILES string of the molecule is CC(C)(C)c1ccc(O)c(NC(=O)c2cccc(-n3cnnn3)c2)c1. The molecule has 0 saturated heterocycles. The summed E-state index contributed by atoms with van der Waals surface area (Å²) >= 11 is 0. The first-order valence-electron chi connectivity index (χ1n) is 7.83. The molecule has 0 radical (unpaired) electrons. The molecular weight excluding hydrogens is 318 g/mol. The Morgan fingerprint density at radius 2 is 1.96 bits per heavy atom. The van der Waals surface area contributed by atoms with Crippen molar-refractivity contribution >= 4 is 11.6 Å². The molecule has 0 unspecified atom stereocenters. The van der Waals surface area contributed by atoms with E-state index >= 15 is 0 Å². The molecule has 2 N–H and O–H groups in total. The number of anilines is 1. The summed E-state index contributed by atoms with van der Waals surface area (Å²) in [6, 6.07) is 12.1. The lowest BCUT2D eigenvalue weighted by molar-refractivity contribution is 0.102. The summed E-state index contributed by atoms with van der Waals surface area (Å²) < 4.78 is 1.47. The summed E-state index contributed by atoms with van der Waals surface area (Å²) in [5.41, 5.74) is 2.42. The Bertz CT molecular complexity index is 898. The minimum Gasteiger partial charge on any atom is -0.506 e. The second-order valence-corrected chi connectivity index (χ2v) is 6.74. The van der Waals surface area contributed by atoms with Crippen LogP contribution in [0.5, 0.6) is 5.75 Å². The number of nitrogens with zero attached hydrogens (tertiary/aromatic N) is 4. The number of hydrogen-bond acceptors (Lipinski definition) is 5. The first kappa shape index (κ1) is 16.6. The van der Waals surface area contributed by atoms with Gasteiger partial charge in [0.15, 0.2) is 0 Å². The van der Waals surface area contributed by atoms with Crippen molar-refractivity contribution in [1.82, 2.24) is 20.2 Å². The van der Waals surface area contributed by atoms with Crippen molar-refractivity contribution in [3.05, 3.63) is 59.9 Å². The number of amides is 1. The van der Waals surface area contributed by atoms with Crippen LogP contribution in [0.4, 0.5) is 5.69 Å². The average Bonchev–Trinajstić information content (AvgIpc) is 3.10. The number of carbonyl (C=O) groups excluding carboxylic acids is 1. The average molecular weight is 337 g/mol. The van der Waals surface area contributed by atoms with Crippen LogP contribution >= 0.6 is 0 Å². The quantitative estimate of drug-likeness (QED) is 0.717. The first-order valence-corrected chi connectivity index (χ1v) is 7.83. The van der Waals surface area contributed by atoms with Gasteiger partial charge in [-0.2, -0.15) is 0 Å². The number of nitrogens with one attached hydrogen (secondary N) is 1. The van der Waals surface area contributed by atoms with Gasteiger partial charge in [0, 0.05) is 5.56 Å². The van der Waals surface area contributed by atoms with E-state index in [1.165, 1.54) is 11.0 Å². The predicted octanol–water partition coefficient (Wildman–Crippen LogP) is 2.92. The van der Waals surface area contributed by atoms with E-state index in [2.05, 4.69) is 41.6 Å². The fourth-order valence-electron chi connectivity index (χ4n) is 2.37. The zero-order valence-corrected chi connectivity index (χ0v) is 14.3. The summed E-state index contributed by atoms with van der Waals surface area (Å²) in [6.07, 6.45) is 1.45. The van der Waals surface area contributed by atoms with Gasteiger partial charge in [-0.15, -0.1) is 5.10 Å². The molecule has 2 aromatic carbocycles. The molecule has 25 heavy (non-hydrogen) atoms. The van der Waals surface area contributed by atoms with E-state index in [4.69, 9.17) is 0 Å². The maximum atomic E-state index is 12.6. The molecule has 0 aliphatic carbocycles. The normalized spacial score (nSPS) is 11.3. The first-order chi connectivity index (χ1) is 11.8. The van der Waals surface area contributed by atoms with Crippen LogP contribution in [0.1, 0.15) is 36.7 Å². The highest BCUT2D eigenvalue weighted by atomic mass is 16.3. The topological polar surface area (TPSA) is 92.9 Å².